The van der Waals surface area contributed by atoms with Crippen LogP contribution in [0, 0.1) is 0 Å². The first-order chi connectivity index (χ1) is 11.1. The van der Waals surface area contributed by atoms with Gasteiger partial charge in [-0.1, -0.05) is 28.8 Å². The molecule has 4 amide bonds. The van der Waals surface area contributed by atoms with Crippen LogP contribution in [0.15, 0.2) is 28.7 Å². The van der Waals surface area contributed by atoms with E-state index in [9.17, 15) is 14.4 Å². The van der Waals surface area contributed by atoms with Crippen LogP contribution in [0.5, 0.6) is 5.75 Å². The lowest BCUT2D eigenvalue weighted by Crippen LogP contribution is -2.40. The molecule has 1 heterocycles. The standard InChI is InChI=1S/C16H17BrN2O4/c17-11-5-7-13(8-6-11)23-10-9-18-14(20)15(21)19(16(18)22)12-3-1-2-4-12/h5-8,12H,1-4,9-10H2. The molecule has 1 saturated carbocycles. The van der Waals surface area contributed by atoms with Crippen LogP contribution in [0.2, 0.25) is 0 Å². The lowest BCUT2D eigenvalue weighted by atomic mass is 10.2. The minimum atomic E-state index is -0.749. The van der Waals surface area contributed by atoms with Gasteiger partial charge in [0.25, 0.3) is 0 Å². The maximum Gasteiger partial charge on any atom is 0.334 e. The van der Waals surface area contributed by atoms with E-state index in [4.69, 9.17) is 4.74 Å². The largest absolute Gasteiger partial charge is 0.492 e. The highest BCUT2D eigenvalue weighted by molar-refractivity contribution is 9.10. The Morgan fingerprint density at radius 2 is 1.70 bits per heavy atom. The van der Waals surface area contributed by atoms with Gasteiger partial charge >= 0.3 is 17.8 Å². The van der Waals surface area contributed by atoms with Gasteiger partial charge in [0.05, 0.1) is 6.54 Å². The fourth-order valence-electron chi connectivity index (χ4n) is 2.99. The second kappa shape index (κ2) is 6.70. The zero-order valence-corrected chi connectivity index (χ0v) is 14.1. The predicted molar refractivity (Wildman–Crippen MR) is 85.8 cm³/mol. The second-order valence-electron chi connectivity index (χ2n) is 5.66. The average molecular weight is 381 g/mol. The van der Waals surface area contributed by atoms with Gasteiger partial charge in [0, 0.05) is 10.5 Å². The first kappa shape index (κ1) is 16.0. The van der Waals surface area contributed by atoms with Crippen LogP contribution >= 0.6 is 15.9 Å². The lowest BCUT2D eigenvalue weighted by Gasteiger charge is -2.21. The summed E-state index contributed by atoms with van der Waals surface area (Å²) in [6, 6.07) is 6.61. The first-order valence-corrected chi connectivity index (χ1v) is 8.44. The number of carbonyl (C=O) groups is 3. The molecule has 7 heteroatoms. The van der Waals surface area contributed by atoms with Gasteiger partial charge in [-0.3, -0.25) is 19.4 Å². The summed E-state index contributed by atoms with van der Waals surface area (Å²) in [6.07, 6.45) is 3.55. The lowest BCUT2D eigenvalue weighted by molar-refractivity contribution is -0.144. The van der Waals surface area contributed by atoms with Crippen molar-refractivity contribution in [2.75, 3.05) is 13.2 Å². The molecule has 0 unspecified atom stereocenters. The van der Waals surface area contributed by atoms with Gasteiger partial charge in [-0.15, -0.1) is 0 Å². The van der Waals surface area contributed by atoms with Crippen LogP contribution in [-0.2, 0) is 9.59 Å². The minimum Gasteiger partial charge on any atom is -0.492 e. The summed E-state index contributed by atoms with van der Waals surface area (Å²) in [7, 11) is 0. The fraction of sp³-hybridized carbons (Fsp3) is 0.438. The Bertz CT molecular complexity index is 625. The molecule has 0 radical (unpaired) electrons. The number of ether oxygens (including phenoxy) is 1. The molecule has 2 fully saturated rings. The van der Waals surface area contributed by atoms with Crippen molar-refractivity contribution < 1.29 is 19.1 Å². The highest BCUT2D eigenvalue weighted by atomic mass is 79.9. The summed E-state index contributed by atoms with van der Waals surface area (Å²) >= 11 is 3.33. The number of benzene rings is 1. The molecule has 6 nitrogen and oxygen atoms in total. The van der Waals surface area contributed by atoms with Crippen LogP contribution in [0.3, 0.4) is 0 Å². The Labute approximate surface area is 142 Å². The summed E-state index contributed by atoms with van der Waals surface area (Å²) in [5.74, 6) is -0.807. The van der Waals surface area contributed by atoms with Crippen LogP contribution in [0.1, 0.15) is 25.7 Å². The second-order valence-corrected chi connectivity index (χ2v) is 6.57. The molecule has 0 aromatic heterocycles. The van der Waals surface area contributed by atoms with Crippen molar-refractivity contribution in [2.45, 2.75) is 31.7 Å². The van der Waals surface area contributed by atoms with E-state index >= 15 is 0 Å². The zero-order chi connectivity index (χ0) is 16.4. The van der Waals surface area contributed by atoms with Gasteiger partial charge in [-0.25, -0.2) is 4.79 Å². The van der Waals surface area contributed by atoms with Crippen molar-refractivity contribution in [1.82, 2.24) is 9.80 Å². The molecule has 0 spiro atoms. The van der Waals surface area contributed by atoms with Gasteiger partial charge < -0.3 is 4.74 Å². The van der Waals surface area contributed by atoms with Crippen molar-refractivity contribution in [3.63, 3.8) is 0 Å². The summed E-state index contributed by atoms with van der Waals surface area (Å²) in [5.41, 5.74) is 0. The normalized spacial score (nSPS) is 19.1. The number of urea groups is 1. The molecule has 1 saturated heterocycles. The molecule has 1 aromatic rings. The quantitative estimate of drug-likeness (QED) is 0.581. The fourth-order valence-corrected chi connectivity index (χ4v) is 3.25. The highest BCUT2D eigenvalue weighted by Crippen LogP contribution is 2.27. The van der Waals surface area contributed by atoms with Crippen molar-refractivity contribution in [3.8, 4) is 5.75 Å². The number of hydrogen-bond donors (Lipinski definition) is 0. The Hall–Kier alpha value is -1.89. The molecule has 1 aliphatic carbocycles. The van der Waals surface area contributed by atoms with Crippen LogP contribution < -0.4 is 4.74 Å². The van der Waals surface area contributed by atoms with Crippen LogP contribution in [0.4, 0.5) is 4.79 Å². The molecule has 23 heavy (non-hydrogen) atoms. The van der Waals surface area contributed by atoms with Gasteiger partial charge in [0.2, 0.25) is 0 Å². The molecular formula is C16H17BrN2O4. The van der Waals surface area contributed by atoms with E-state index < -0.39 is 17.8 Å². The molecule has 0 N–H and O–H groups in total. The molecule has 0 atom stereocenters. The topological polar surface area (TPSA) is 66.9 Å². The SMILES string of the molecule is O=C1C(=O)N(C2CCCC2)C(=O)N1CCOc1ccc(Br)cc1. The zero-order valence-electron chi connectivity index (χ0n) is 12.5. The Morgan fingerprint density at radius 3 is 2.35 bits per heavy atom. The van der Waals surface area contributed by atoms with E-state index in [0.29, 0.717) is 5.75 Å². The van der Waals surface area contributed by atoms with Crippen LogP contribution in [0.25, 0.3) is 0 Å². The van der Waals surface area contributed by atoms with E-state index in [-0.39, 0.29) is 19.2 Å². The monoisotopic (exact) mass is 380 g/mol. The maximum atomic E-state index is 12.3. The van der Waals surface area contributed by atoms with Crippen molar-refractivity contribution >= 4 is 33.8 Å². The molecule has 122 valence electrons. The number of amides is 4. The van der Waals surface area contributed by atoms with Crippen LogP contribution in [-0.4, -0.2) is 46.8 Å². The summed E-state index contributed by atoms with van der Waals surface area (Å²) < 4.78 is 6.46. The van der Waals surface area contributed by atoms with E-state index in [1.807, 2.05) is 12.1 Å². The van der Waals surface area contributed by atoms with Gasteiger partial charge in [-0.2, -0.15) is 0 Å². The summed E-state index contributed by atoms with van der Waals surface area (Å²) in [4.78, 5) is 38.5. The Balaban J connectivity index is 1.59. The number of hydrogen-bond acceptors (Lipinski definition) is 4. The van der Waals surface area contributed by atoms with E-state index in [2.05, 4.69) is 15.9 Å². The number of nitrogens with zero attached hydrogens (tertiary/aromatic N) is 2. The summed E-state index contributed by atoms with van der Waals surface area (Å²) in [5, 5.41) is 0. The number of halogens is 1. The predicted octanol–water partition coefficient (Wildman–Crippen LogP) is 2.56. The number of imide groups is 2. The Morgan fingerprint density at radius 1 is 1.04 bits per heavy atom. The molecule has 2 aliphatic rings. The minimum absolute atomic E-state index is 0.0721. The summed E-state index contributed by atoms with van der Waals surface area (Å²) in [6.45, 7) is 0.230. The molecule has 1 aliphatic heterocycles. The van der Waals surface area contributed by atoms with E-state index in [0.717, 1.165) is 40.0 Å². The number of rotatable bonds is 5. The van der Waals surface area contributed by atoms with Crippen molar-refractivity contribution in [2.24, 2.45) is 0 Å². The molecule has 0 bridgehead atoms. The number of carbonyl (C=O) groups excluding carboxylic acids is 3. The third-order valence-corrected chi connectivity index (χ3v) is 4.70. The first-order valence-electron chi connectivity index (χ1n) is 7.65. The Kier molecular flexibility index (Phi) is 4.66. The van der Waals surface area contributed by atoms with Gasteiger partial charge in [-0.05, 0) is 37.1 Å². The average Bonchev–Trinajstić information content (AvgIpc) is 3.12. The third kappa shape index (κ3) is 3.24. The molecular weight excluding hydrogens is 364 g/mol. The van der Waals surface area contributed by atoms with E-state index in [1.54, 1.807) is 12.1 Å². The van der Waals surface area contributed by atoms with Gasteiger partial charge in [0.15, 0.2) is 0 Å². The smallest absolute Gasteiger partial charge is 0.334 e. The van der Waals surface area contributed by atoms with Gasteiger partial charge in [0.1, 0.15) is 12.4 Å². The molecule has 1 aromatic carbocycles. The van der Waals surface area contributed by atoms with Crippen molar-refractivity contribution in [1.29, 1.82) is 0 Å². The third-order valence-electron chi connectivity index (χ3n) is 4.17. The van der Waals surface area contributed by atoms with E-state index in [1.165, 1.54) is 0 Å². The maximum absolute atomic E-state index is 12.3. The highest BCUT2D eigenvalue weighted by Gasteiger charge is 2.47. The van der Waals surface area contributed by atoms with Crippen molar-refractivity contribution in [3.05, 3.63) is 28.7 Å². The molecule has 3 rings (SSSR count).